The Morgan fingerprint density at radius 1 is 0.387 bits per heavy atom. The van der Waals surface area contributed by atoms with Gasteiger partial charge in [-0.05, 0) is 133 Å². The minimum absolute atomic E-state index is 0.157. The SMILES string of the molecule is C1COP(OCCOP2OCCO2)O1.C=CCCP(OCC=C)OCCOP(OCC=C)OCC=C.C=NC(COP(OCC)OCC)OP(OCC)OCC.CCOP(OCC)OCC(N)OP(OCC)OCC.CCOP(OCC)OCC(S)OP(OCC)OCC.c1cc2c3c(ccnc3c1)OP(OCCOP1Oc3cccc4nccc(c34)O1)O2. The number of rotatable bonds is 67. The zero-order chi connectivity index (χ0) is 90.3. The van der Waals surface area contributed by atoms with Crippen LogP contribution in [-0.4, -0.2) is 226 Å². The highest BCUT2D eigenvalue weighted by Crippen LogP contribution is 2.55. The predicted molar refractivity (Wildman–Crippen MR) is 491 cm³/mol. The third-order valence-electron chi connectivity index (χ3n) is 12.6. The lowest BCUT2D eigenvalue weighted by atomic mass is 10.2. The zero-order valence-electron chi connectivity index (χ0n) is 72.6. The van der Waals surface area contributed by atoms with Crippen LogP contribution in [0, 0.1) is 0 Å². The number of nitrogens with two attached hydrogens (primary N) is 1. The summed E-state index contributed by atoms with van der Waals surface area (Å²) in [4.78, 5) is 12.5. The molecular weight excluding hydrogens is 1880 g/mol. The van der Waals surface area contributed by atoms with Gasteiger partial charge in [0.15, 0.2) is 14.6 Å². The fourth-order valence-electron chi connectivity index (χ4n) is 8.03. The van der Waals surface area contributed by atoms with Crippen molar-refractivity contribution in [2.75, 3.05) is 191 Å². The molecule has 2 N–H and O–H groups in total. The summed E-state index contributed by atoms with van der Waals surface area (Å²) in [6.45, 7) is 53.1. The van der Waals surface area contributed by atoms with Crippen molar-refractivity contribution < 1.29 is 158 Å². The fraction of sp³-hybridized carbons (Fsp3) is 0.625. The molecule has 4 aliphatic heterocycles. The van der Waals surface area contributed by atoms with Gasteiger partial charge in [-0.15, -0.1) is 38.9 Å². The number of hydrogen-bond donors (Lipinski definition) is 2. The van der Waals surface area contributed by atoms with Gasteiger partial charge in [-0.1, -0.05) is 36.4 Å². The van der Waals surface area contributed by atoms with Gasteiger partial charge in [-0.2, -0.15) is 0 Å². The fourth-order valence-corrected chi connectivity index (χ4v) is 19.8. The second-order valence-electron chi connectivity index (χ2n) is 21.8. The number of thiol groups is 1. The van der Waals surface area contributed by atoms with Gasteiger partial charge in [-0.25, -0.2) is 0 Å². The van der Waals surface area contributed by atoms with Crippen molar-refractivity contribution >= 4 is 144 Å². The average molecular weight is 2010 g/mol. The third-order valence-corrected chi connectivity index (χ3v) is 28.2. The van der Waals surface area contributed by atoms with Crippen LogP contribution < -0.4 is 23.8 Å². The van der Waals surface area contributed by atoms with Crippen LogP contribution in [0.4, 0.5) is 0 Å². The Bertz CT molecular complexity index is 2980. The summed E-state index contributed by atoms with van der Waals surface area (Å²) in [5, 5.41) is 1.71. The molecule has 124 heavy (non-hydrogen) atoms. The lowest BCUT2D eigenvalue weighted by Crippen LogP contribution is -2.27. The van der Waals surface area contributed by atoms with Crippen LogP contribution in [0.2, 0.25) is 0 Å². The van der Waals surface area contributed by atoms with Crippen molar-refractivity contribution in [1.29, 1.82) is 0 Å². The molecule has 6 atom stereocenters. The van der Waals surface area contributed by atoms with Crippen LogP contribution in [0.3, 0.4) is 0 Å². The first-order valence-electron chi connectivity index (χ1n) is 39.7. The van der Waals surface area contributed by atoms with E-state index in [1.54, 1.807) is 30.6 Å². The second kappa shape index (κ2) is 79.7. The monoisotopic (exact) mass is 2010 g/mol. The molecule has 4 aromatic rings. The van der Waals surface area contributed by atoms with E-state index < -0.39 is 121 Å². The van der Waals surface area contributed by atoms with Gasteiger partial charge in [0.1, 0.15) is 41.3 Å². The molecule has 2 fully saturated rings. The Labute approximate surface area is 752 Å². The standard InChI is InChI=1S/C20H14N2O6P2.C15H26O5P2.C11H25NO6P2.C10H25NO6P2.C10H24O6P2S.C6H12O6P2/c1-3-13-19-15(5-1)25-29(27-17(19)7-9-21-13)23-11-12-24-30-26-16-6-2-4-14-20(16)18(28-30)8-10-22-14;1-5-9-15-21(16-10-6-2)17-13-14-20-22(18-11-7-3)19-12-8-4;1-6-13-19(14-7-2)17-10-11(12-5)18-20(15-8-3)16-9-4;1-5-12-18(13-6-2)16-9-10(11)17-19(14-7-3)15-8-4;1-5-11-17(12-6-2)15-9-10(19)16-18(13-7-3)14-8-4;1-2-8-13(7-1)11-5-6-12-14-9-3-4-10-14/h1-10H,11-12H2;5-8H,1-4,9-15H2;11H,5-10H2,1-4H3;10H,5-9,11H2,1-4H3;10,19H,5-9H2,1-4H3;1-6H2. The number of allylic oxidation sites excluding steroid dienone is 1. The van der Waals surface area contributed by atoms with Crippen LogP contribution in [0.15, 0.2) is 117 Å². The first kappa shape index (κ1) is 117. The highest BCUT2D eigenvalue weighted by molar-refractivity contribution is 7.81. The van der Waals surface area contributed by atoms with Crippen LogP contribution in [0.25, 0.3) is 21.8 Å². The molecule has 2 aromatic carbocycles. The van der Waals surface area contributed by atoms with Crippen LogP contribution >= 0.6 is 116 Å². The van der Waals surface area contributed by atoms with E-state index in [2.05, 4.69) is 60.6 Å². The maximum atomic E-state index is 5.84. The van der Waals surface area contributed by atoms with Crippen LogP contribution in [0.5, 0.6) is 23.0 Å². The largest absolute Gasteiger partial charge is 0.463 e. The average Bonchev–Trinajstić information content (AvgIpc) is 1.46. The van der Waals surface area contributed by atoms with Gasteiger partial charge in [0.05, 0.1) is 200 Å². The molecule has 2 saturated heterocycles. The van der Waals surface area contributed by atoms with Crippen molar-refractivity contribution in [3.05, 3.63) is 112 Å². The van der Waals surface area contributed by atoms with E-state index in [1.807, 2.05) is 138 Å². The topological polar surface area (TPSA) is 387 Å². The highest BCUT2D eigenvalue weighted by atomic mass is 32.1. The molecule has 0 aliphatic carbocycles. The Hall–Kier alpha value is -0.680. The number of aromatic nitrogens is 2. The minimum atomic E-state index is -1.57. The Balaban J connectivity index is 0.000000391. The highest BCUT2D eigenvalue weighted by Gasteiger charge is 2.31. The quantitative estimate of drug-likeness (QED) is 0.0103. The van der Waals surface area contributed by atoms with E-state index in [0.29, 0.717) is 175 Å². The lowest BCUT2D eigenvalue weighted by Gasteiger charge is -2.25. The molecular formula is C72H126N4O35P12S. The van der Waals surface area contributed by atoms with E-state index in [0.717, 1.165) is 34.4 Å². The van der Waals surface area contributed by atoms with Crippen molar-refractivity contribution in [3.8, 4) is 23.0 Å². The molecule has 0 bridgehead atoms. The molecule has 8 rings (SSSR count). The summed E-state index contributed by atoms with van der Waals surface area (Å²) < 4.78 is 190. The molecule has 52 heteroatoms. The second-order valence-corrected chi connectivity index (χ2v) is 37.0. The predicted octanol–water partition coefficient (Wildman–Crippen LogP) is 22.2. The molecule has 0 radical (unpaired) electrons. The first-order chi connectivity index (χ1) is 60.6. The van der Waals surface area contributed by atoms with Gasteiger partial charge in [-0.3, -0.25) is 37.6 Å². The van der Waals surface area contributed by atoms with Gasteiger partial charge in [0, 0.05) is 18.6 Å². The summed E-state index contributed by atoms with van der Waals surface area (Å²) in [6, 6.07) is 15.0. The van der Waals surface area contributed by atoms with Gasteiger partial charge < -0.3 is 141 Å². The van der Waals surface area contributed by atoms with E-state index in [-0.39, 0.29) is 33.0 Å². The number of hydrogen-bond acceptors (Lipinski definition) is 40. The number of benzene rings is 2. The summed E-state index contributed by atoms with van der Waals surface area (Å²) >= 11 is 4.27. The van der Waals surface area contributed by atoms with Gasteiger partial charge in [0.2, 0.25) is 0 Å². The van der Waals surface area contributed by atoms with Crippen molar-refractivity contribution in [2.24, 2.45) is 10.7 Å². The van der Waals surface area contributed by atoms with E-state index in [9.17, 15) is 0 Å². The summed E-state index contributed by atoms with van der Waals surface area (Å²) in [7, 11) is -16.1. The normalized spacial score (nSPS) is 15.8. The Kier molecular flexibility index (Phi) is 75.5. The number of pyridine rings is 2. The van der Waals surface area contributed by atoms with E-state index in [1.165, 1.54) is 0 Å². The van der Waals surface area contributed by atoms with Crippen molar-refractivity contribution in [2.45, 2.75) is 107 Å². The van der Waals surface area contributed by atoms with Crippen LogP contribution in [0.1, 0.15) is 89.5 Å². The molecule has 2 aromatic heterocycles. The summed E-state index contributed by atoms with van der Waals surface area (Å²) in [5.41, 5.74) is 6.98. The summed E-state index contributed by atoms with van der Waals surface area (Å²) in [6.07, 6.45) is 10.7. The molecule has 710 valence electrons. The van der Waals surface area contributed by atoms with Gasteiger partial charge >= 0.3 is 94.6 Å². The van der Waals surface area contributed by atoms with E-state index >= 15 is 0 Å². The molecule has 4 aliphatic rings. The Morgan fingerprint density at radius 2 is 0.726 bits per heavy atom. The Morgan fingerprint density at radius 3 is 1.11 bits per heavy atom. The van der Waals surface area contributed by atoms with Crippen molar-refractivity contribution in [1.82, 2.24) is 9.97 Å². The van der Waals surface area contributed by atoms with Gasteiger partial charge in [0.25, 0.3) is 0 Å². The van der Waals surface area contributed by atoms with Crippen LogP contribution in [-0.2, 0) is 140 Å². The lowest BCUT2D eigenvalue weighted by molar-refractivity contribution is 0.0759. The molecule has 0 spiro atoms. The van der Waals surface area contributed by atoms with Crippen molar-refractivity contribution in [3.63, 3.8) is 0 Å². The maximum Gasteiger partial charge on any atom is 0.463 e. The molecule has 0 amide bonds. The van der Waals surface area contributed by atoms with E-state index in [4.69, 9.17) is 164 Å². The number of nitrogens with zero attached hydrogens (tertiary/aromatic N) is 3. The molecule has 6 unspecified atom stereocenters. The number of aliphatic imine (C=N–C) groups is 1. The first-order valence-corrected chi connectivity index (χ1v) is 53.6. The maximum absolute atomic E-state index is 5.84. The molecule has 0 saturated carbocycles. The minimum Gasteiger partial charge on any atom is -0.417 e. The summed E-state index contributed by atoms with van der Waals surface area (Å²) in [5.74, 6) is 2.82. The zero-order valence-corrected chi connectivity index (χ0v) is 84.2. The molecule has 39 nitrogen and oxygen atoms in total. The smallest absolute Gasteiger partial charge is 0.417 e. The third kappa shape index (κ3) is 54.6. The molecule has 6 heterocycles.